The van der Waals surface area contributed by atoms with Crippen molar-refractivity contribution in [2.24, 2.45) is 15.9 Å². The van der Waals surface area contributed by atoms with E-state index in [1.807, 2.05) is 12.1 Å². The average Bonchev–Trinajstić information content (AvgIpc) is 2.20. The maximum Gasteiger partial charge on any atom is 0.104 e. The van der Waals surface area contributed by atoms with Gasteiger partial charge in [-0.15, -0.1) is 0 Å². The number of benzene rings is 1. The average molecular weight is 223 g/mol. The van der Waals surface area contributed by atoms with Crippen LogP contribution in [0.2, 0.25) is 0 Å². The lowest BCUT2D eigenvalue weighted by Crippen LogP contribution is -2.05. The van der Waals surface area contributed by atoms with Crippen LogP contribution in [0.3, 0.4) is 0 Å². The number of hydrogen-bond donors (Lipinski definition) is 2. The van der Waals surface area contributed by atoms with Gasteiger partial charge in [-0.1, -0.05) is 24.3 Å². The van der Waals surface area contributed by atoms with Gasteiger partial charge in [0.1, 0.15) is 5.84 Å². The summed E-state index contributed by atoms with van der Waals surface area (Å²) >= 11 is 1.48. The standard InChI is InChI=1S/C11H17N3S/c1-9(13)14-15-8-11-5-3-2-4-10(11)6-7-12/h2-5H,6-8,12H2,1H3,(H2,13,14). The Hall–Kier alpha value is -1.00. The lowest BCUT2D eigenvalue weighted by atomic mass is 10.1. The molecule has 0 aliphatic carbocycles. The van der Waals surface area contributed by atoms with E-state index < -0.39 is 0 Å². The minimum Gasteiger partial charge on any atom is -0.387 e. The summed E-state index contributed by atoms with van der Waals surface area (Å²) in [5, 5.41) is 0. The van der Waals surface area contributed by atoms with Crippen molar-refractivity contribution in [3.63, 3.8) is 0 Å². The Bertz CT molecular complexity index is 332. The quantitative estimate of drug-likeness (QED) is 0.454. The Morgan fingerprint density at radius 3 is 2.60 bits per heavy atom. The van der Waals surface area contributed by atoms with Gasteiger partial charge in [0, 0.05) is 5.75 Å². The monoisotopic (exact) mass is 223 g/mol. The Balaban J connectivity index is 2.63. The fraction of sp³-hybridized carbons (Fsp3) is 0.364. The Kier molecular flexibility index (Phi) is 5.21. The molecule has 0 spiro atoms. The van der Waals surface area contributed by atoms with E-state index >= 15 is 0 Å². The van der Waals surface area contributed by atoms with Crippen LogP contribution in [0.15, 0.2) is 28.7 Å². The van der Waals surface area contributed by atoms with Gasteiger partial charge < -0.3 is 11.5 Å². The zero-order valence-corrected chi connectivity index (χ0v) is 9.76. The van der Waals surface area contributed by atoms with E-state index in [4.69, 9.17) is 11.5 Å². The lowest BCUT2D eigenvalue weighted by Gasteiger charge is -2.06. The second-order valence-electron chi connectivity index (χ2n) is 3.31. The summed E-state index contributed by atoms with van der Waals surface area (Å²) in [6, 6.07) is 8.30. The highest BCUT2D eigenvalue weighted by Gasteiger charge is 2.00. The minimum atomic E-state index is 0.608. The fourth-order valence-corrected chi connectivity index (χ4v) is 1.99. The van der Waals surface area contributed by atoms with Gasteiger partial charge in [-0.3, -0.25) is 0 Å². The Morgan fingerprint density at radius 1 is 1.33 bits per heavy atom. The molecule has 4 N–H and O–H groups in total. The molecular weight excluding hydrogens is 206 g/mol. The molecule has 15 heavy (non-hydrogen) atoms. The lowest BCUT2D eigenvalue weighted by molar-refractivity contribution is 0.956. The van der Waals surface area contributed by atoms with E-state index in [1.165, 1.54) is 23.1 Å². The molecule has 0 saturated heterocycles. The van der Waals surface area contributed by atoms with Crippen LogP contribution in [0, 0.1) is 0 Å². The van der Waals surface area contributed by atoms with Crippen LogP contribution in [-0.4, -0.2) is 12.4 Å². The number of nitrogens with two attached hydrogens (primary N) is 2. The normalized spacial score (nSPS) is 11.7. The molecule has 0 bridgehead atoms. The van der Waals surface area contributed by atoms with Crippen molar-refractivity contribution in [1.29, 1.82) is 0 Å². The summed E-state index contributed by atoms with van der Waals surface area (Å²) in [7, 11) is 0. The molecule has 0 aromatic heterocycles. The minimum absolute atomic E-state index is 0.608. The Morgan fingerprint density at radius 2 is 2.00 bits per heavy atom. The first-order valence-electron chi connectivity index (χ1n) is 4.93. The third-order valence-corrected chi connectivity index (χ3v) is 2.82. The molecule has 4 heteroatoms. The van der Waals surface area contributed by atoms with Gasteiger partial charge in [-0.2, -0.15) is 0 Å². The van der Waals surface area contributed by atoms with Crippen LogP contribution in [-0.2, 0) is 12.2 Å². The molecular formula is C11H17N3S. The molecule has 82 valence electrons. The molecule has 0 saturated carbocycles. The van der Waals surface area contributed by atoms with Crippen molar-refractivity contribution < 1.29 is 0 Å². The summed E-state index contributed by atoms with van der Waals surface area (Å²) < 4.78 is 4.10. The van der Waals surface area contributed by atoms with Crippen molar-refractivity contribution in [2.75, 3.05) is 6.54 Å². The van der Waals surface area contributed by atoms with Crippen LogP contribution >= 0.6 is 11.9 Å². The molecule has 1 aromatic carbocycles. The predicted molar refractivity (Wildman–Crippen MR) is 67.8 cm³/mol. The molecule has 3 nitrogen and oxygen atoms in total. The predicted octanol–water partition coefficient (Wildman–Crippen LogP) is 1.71. The van der Waals surface area contributed by atoms with Crippen LogP contribution in [0.1, 0.15) is 18.1 Å². The van der Waals surface area contributed by atoms with Gasteiger partial charge in [-0.05, 0) is 43.0 Å². The van der Waals surface area contributed by atoms with Crippen molar-refractivity contribution in [1.82, 2.24) is 0 Å². The highest BCUT2D eigenvalue weighted by molar-refractivity contribution is 7.97. The second kappa shape index (κ2) is 6.48. The summed E-state index contributed by atoms with van der Waals surface area (Å²) in [6.07, 6.45) is 0.919. The molecule has 0 fully saturated rings. The SMILES string of the molecule is C/C(N)=N/SCc1ccccc1CCN. The highest BCUT2D eigenvalue weighted by atomic mass is 32.2. The smallest absolute Gasteiger partial charge is 0.104 e. The maximum absolute atomic E-state index is 5.55. The second-order valence-corrected chi connectivity index (χ2v) is 4.04. The van der Waals surface area contributed by atoms with Gasteiger partial charge in [0.25, 0.3) is 0 Å². The third kappa shape index (κ3) is 4.36. The van der Waals surface area contributed by atoms with Gasteiger partial charge in [0.2, 0.25) is 0 Å². The van der Waals surface area contributed by atoms with Gasteiger partial charge in [0.05, 0.1) is 0 Å². The van der Waals surface area contributed by atoms with Crippen LogP contribution < -0.4 is 11.5 Å². The van der Waals surface area contributed by atoms with Crippen LogP contribution in [0.5, 0.6) is 0 Å². The number of rotatable bonds is 5. The first-order chi connectivity index (χ1) is 7.24. The van der Waals surface area contributed by atoms with Crippen molar-refractivity contribution in [2.45, 2.75) is 19.1 Å². The first kappa shape index (κ1) is 12.1. The fourth-order valence-electron chi connectivity index (χ4n) is 1.30. The van der Waals surface area contributed by atoms with Crippen molar-refractivity contribution in [3.05, 3.63) is 35.4 Å². The maximum atomic E-state index is 5.55. The van der Waals surface area contributed by atoms with Crippen molar-refractivity contribution in [3.8, 4) is 0 Å². The van der Waals surface area contributed by atoms with Crippen LogP contribution in [0.4, 0.5) is 0 Å². The molecule has 0 amide bonds. The van der Waals surface area contributed by atoms with E-state index in [2.05, 4.69) is 16.5 Å². The molecule has 0 radical (unpaired) electrons. The summed E-state index contributed by atoms with van der Waals surface area (Å²) in [5.74, 6) is 1.46. The van der Waals surface area contributed by atoms with Crippen molar-refractivity contribution >= 4 is 17.8 Å². The number of hydrogen-bond acceptors (Lipinski definition) is 3. The van der Waals surface area contributed by atoms with Crippen LogP contribution in [0.25, 0.3) is 0 Å². The summed E-state index contributed by atoms with van der Waals surface area (Å²) in [5.41, 5.74) is 13.6. The first-order valence-corrected chi connectivity index (χ1v) is 5.87. The molecule has 1 rings (SSSR count). The van der Waals surface area contributed by atoms with E-state index in [0.717, 1.165) is 12.2 Å². The molecule has 0 aliphatic heterocycles. The summed E-state index contributed by atoms with van der Waals surface area (Å²) in [4.78, 5) is 0. The molecule has 0 aliphatic rings. The van der Waals surface area contributed by atoms with E-state index in [-0.39, 0.29) is 0 Å². The topological polar surface area (TPSA) is 64.4 Å². The molecule has 0 unspecified atom stereocenters. The molecule has 0 heterocycles. The van der Waals surface area contributed by atoms with Gasteiger partial charge in [0.15, 0.2) is 0 Å². The van der Waals surface area contributed by atoms with E-state index in [0.29, 0.717) is 12.4 Å². The number of nitrogens with zero attached hydrogens (tertiary/aromatic N) is 1. The van der Waals surface area contributed by atoms with Gasteiger partial charge in [-0.25, -0.2) is 4.40 Å². The highest BCUT2D eigenvalue weighted by Crippen LogP contribution is 2.17. The zero-order valence-electron chi connectivity index (χ0n) is 8.94. The molecule has 0 atom stereocenters. The van der Waals surface area contributed by atoms with Gasteiger partial charge >= 0.3 is 0 Å². The third-order valence-electron chi connectivity index (χ3n) is 1.96. The zero-order chi connectivity index (χ0) is 11.1. The summed E-state index contributed by atoms with van der Waals surface area (Å²) in [6.45, 7) is 2.47. The number of amidine groups is 1. The Labute approximate surface area is 95.1 Å². The molecule has 1 aromatic rings. The van der Waals surface area contributed by atoms with E-state index in [1.54, 1.807) is 6.92 Å². The largest absolute Gasteiger partial charge is 0.387 e. The van der Waals surface area contributed by atoms with E-state index in [9.17, 15) is 0 Å².